The number of hydrogen-bond acceptors (Lipinski definition) is 5. The number of nitrogens with zero attached hydrogens (tertiary/aromatic N) is 1. The molecule has 2 atom stereocenters. The first-order valence-corrected chi connectivity index (χ1v) is 11.4. The Morgan fingerprint density at radius 1 is 1.35 bits per heavy atom. The van der Waals surface area contributed by atoms with Gasteiger partial charge in [-0.2, -0.15) is 0 Å². The maximum atomic E-state index is 12.6. The molecule has 1 N–H and O–H groups in total. The summed E-state index contributed by atoms with van der Waals surface area (Å²) in [6.45, 7) is 5.33. The number of carbonyl (C=O) groups is 2. The van der Waals surface area contributed by atoms with Gasteiger partial charge in [-0.15, -0.1) is 11.8 Å². The Hall–Kier alpha value is -1.54. The molecule has 1 fully saturated rings. The molecule has 2 heterocycles. The lowest BCUT2D eigenvalue weighted by molar-refractivity contribution is -0.132. The van der Waals surface area contributed by atoms with Crippen molar-refractivity contribution in [3.8, 4) is 0 Å². The van der Waals surface area contributed by atoms with Crippen LogP contribution in [-0.4, -0.2) is 49.2 Å². The van der Waals surface area contributed by atoms with E-state index in [2.05, 4.69) is 12.2 Å². The van der Waals surface area contributed by atoms with Gasteiger partial charge < -0.3 is 10.2 Å². The first kappa shape index (κ1) is 19.2. The topological polar surface area (TPSA) is 83.6 Å². The molecule has 2 aliphatic rings. The van der Waals surface area contributed by atoms with Crippen LogP contribution in [-0.2, 0) is 19.4 Å². The highest BCUT2D eigenvalue weighted by Crippen LogP contribution is 2.36. The van der Waals surface area contributed by atoms with E-state index in [4.69, 9.17) is 0 Å². The highest BCUT2D eigenvalue weighted by molar-refractivity contribution is 8.01. The normalized spacial score (nSPS) is 23.3. The Morgan fingerprint density at radius 3 is 2.85 bits per heavy atom. The van der Waals surface area contributed by atoms with Gasteiger partial charge in [0, 0.05) is 24.4 Å². The van der Waals surface area contributed by atoms with Crippen LogP contribution in [0.2, 0.25) is 0 Å². The smallest absolute Gasteiger partial charge is 0.237 e. The van der Waals surface area contributed by atoms with Crippen molar-refractivity contribution in [1.82, 2.24) is 4.90 Å². The van der Waals surface area contributed by atoms with E-state index >= 15 is 0 Å². The molecule has 1 aromatic carbocycles. The lowest BCUT2D eigenvalue weighted by atomic mass is 10.0. The van der Waals surface area contributed by atoms with Crippen molar-refractivity contribution < 1.29 is 18.0 Å². The fraction of sp³-hybridized carbons (Fsp3) is 0.556. The van der Waals surface area contributed by atoms with Crippen molar-refractivity contribution >= 4 is 39.1 Å². The lowest BCUT2D eigenvalue weighted by Gasteiger charge is -2.31. The Morgan fingerprint density at radius 2 is 2.12 bits per heavy atom. The summed E-state index contributed by atoms with van der Waals surface area (Å²) in [4.78, 5) is 26.9. The summed E-state index contributed by atoms with van der Waals surface area (Å²) in [5, 5.41) is 2.54. The van der Waals surface area contributed by atoms with Crippen LogP contribution in [0.25, 0.3) is 0 Å². The zero-order valence-electron chi connectivity index (χ0n) is 15.0. The number of nitrogens with one attached hydrogen (secondary N) is 1. The van der Waals surface area contributed by atoms with Gasteiger partial charge >= 0.3 is 0 Å². The van der Waals surface area contributed by atoms with Gasteiger partial charge in [-0.25, -0.2) is 8.42 Å². The van der Waals surface area contributed by atoms with Crippen molar-refractivity contribution in [2.75, 3.05) is 24.2 Å². The van der Waals surface area contributed by atoms with E-state index in [0.717, 1.165) is 17.7 Å². The first-order valence-electron chi connectivity index (χ1n) is 8.88. The van der Waals surface area contributed by atoms with Crippen molar-refractivity contribution in [2.24, 2.45) is 5.92 Å². The number of thioether (sulfide) groups is 1. The van der Waals surface area contributed by atoms with Gasteiger partial charge in [0.25, 0.3) is 0 Å². The number of carbonyl (C=O) groups excluding carboxylic acids is 2. The van der Waals surface area contributed by atoms with Gasteiger partial charge in [0.1, 0.15) is 0 Å². The number of fused-ring (bicyclic) bond motifs is 1. The molecule has 0 saturated carbocycles. The maximum Gasteiger partial charge on any atom is 0.237 e. The largest absolute Gasteiger partial charge is 0.342 e. The van der Waals surface area contributed by atoms with Crippen LogP contribution in [0.4, 0.5) is 5.69 Å². The predicted molar refractivity (Wildman–Crippen MR) is 102 cm³/mol. The molecular formula is C18H24N2O4S2. The van der Waals surface area contributed by atoms with Crippen LogP contribution >= 0.6 is 11.8 Å². The highest BCUT2D eigenvalue weighted by atomic mass is 32.2. The molecule has 6 nitrogen and oxygen atoms in total. The molecule has 0 unspecified atom stereocenters. The molecule has 0 radical (unpaired) electrons. The number of rotatable bonds is 4. The average Bonchev–Trinajstić information content (AvgIpc) is 2.60. The molecule has 0 aliphatic carbocycles. The number of anilines is 1. The summed E-state index contributed by atoms with van der Waals surface area (Å²) in [5.74, 6) is 0.0168. The molecule has 2 amide bonds. The molecule has 0 aromatic heterocycles. The van der Waals surface area contributed by atoms with Crippen LogP contribution in [0.5, 0.6) is 0 Å². The average molecular weight is 397 g/mol. The third kappa shape index (κ3) is 4.23. The lowest BCUT2D eigenvalue weighted by Crippen LogP contribution is -2.39. The number of likely N-dealkylation sites (tertiary alicyclic amines) is 1. The second-order valence-electron chi connectivity index (χ2n) is 7.06. The number of sulfone groups is 1. The number of benzene rings is 1. The monoisotopic (exact) mass is 396 g/mol. The second kappa shape index (κ2) is 7.60. The molecule has 142 valence electrons. The summed E-state index contributed by atoms with van der Waals surface area (Å²) in [7, 11) is -3.58. The van der Waals surface area contributed by atoms with Crippen molar-refractivity contribution in [1.29, 1.82) is 0 Å². The Bertz CT molecular complexity index is 822. The van der Waals surface area contributed by atoms with Gasteiger partial charge in [-0.1, -0.05) is 6.92 Å². The third-order valence-electron chi connectivity index (χ3n) is 4.84. The van der Waals surface area contributed by atoms with Crippen LogP contribution < -0.4 is 5.32 Å². The SMILES string of the molecule is C[C@@H]1CCCN(C(=O)CCS(=O)(=O)c2ccc3c(c2)NC(=O)[C@@H](C)S3)C1. The van der Waals surface area contributed by atoms with Crippen molar-refractivity contribution in [2.45, 2.75) is 48.2 Å². The van der Waals surface area contributed by atoms with E-state index in [1.165, 1.54) is 17.8 Å². The fourth-order valence-corrected chi connectivity index (χ4v) is 5.48. The van der Waals surface area contributed by atoms with Crippen LogP contribution in [0.15, 0.2) is 28.0 Å². The minimum atomic E-state index is -3.58. The van der Waals surface area contributed by atoms with E-state index in [9.17, 15) is 18.0 Å². The van der Waals surface area contributed by atoms with Crippen LogP contribution in [0, 0.1) is 5.92 Å². The van der Waals surface area contributed by atoms with Gasteiger partial charge in [0.15, 0.2) is 9.84 Å². The molecule has 1 saturated heterocycles. The maximum absolute atomic E-state index is 12.6. The second-order valence-corrected chi connectivity index (χ2v) is 10.6. The molecule has 1 aromatic rings. The van der Waals surface area contributed by atoms with E-state index < -0.39 is 9.84 Å². The van der Waals surface area contributed by atoms with Gasteiger partial charge in [-0.05, 0) is 43.9 Å². The number of amides is 2. The fourth-order valence-electron chi connectivity index (χ4n) is 3.29. The highest BCUT2D eigenvalue weighted by Gasteiger charge is 2.26. The van der Waals surface area contributed by atoms with Crippen molar-refractivity contribution in [3.63, 3.8) is 0 Å². The molecular weight excluding hydrogens is 372 g/mol. The zero-order valence-corrected chi connectivity index (χ0v) is 16.7. The summed E-state index contributed by atoms with van der Waals surface area (Å²) in [6.07, 6.45) is 2.07. The molecule has 26 heavy (non-hydrogen) atoms. The van der Waals surface area contributed by atoms with E-state index in [0.29, 0.717) is 24.7 Å². The van der Waals surface area contributed by atoms with E-state index in [-0.39, 0.29) is 34.1 Å². The van der Waals surface area contributed by atoms with Crippen LogP contribution in [0.1, 0.15) is 33.1 Å². The summed E-state index contributed by atoms with van der Waals surface area (Å²) in [5.41, 5.74) is 0.523. The molecule has 2 aliphatic heterocycles. The van der Waals surface area contributed by atoms with E-state index in [1.54, 1.807) is 24.0 Å². The molecule has 0 bridgehead atoms. The predicted octanol–water partition coefficient (Wildman–Crippen LogP) is 2.54. The minimum Gasteiger partial charge on any atom is -0.342 e. The molecule has 8 heteroatoms. The molecule has 3 rings (SSSR count). The minimum absolute atomic E-state index is 0.00964. The Kier molecular flexibility index (Phi) is 5.62. The number of hydrogen-bond donors (Lipinski definition) is 1. The van der Waals surface area contributed by atoms with Crippen LogP contribution in [0.3, 0.4) is 0 Å². The Balaban J connectivity index is 1.68. The van der Waals surface area contributed by atoms with Gasteiger partial charge in [0.05, 0.1) is 21.6 Å². The number of piperidine rings is 1. The molecule has 0 spiro atoms. The zero-order chi connectivity index (χ0) is 18.9. The quantitative estimate of drug-likeness (QED) is 0.846. The third-order valence-corrected chi connectivity index (χ3v) is 7.73. The summed E-state index contributed by atoms with van der Waals surface area (Å²) >= 11 is 1.41. The summed E-state index contributed by atoms with van der Waals surface area (Å²) in [6, 6.07) is 4.77. The van der Waals surface area contributed by atoms with Gasteiger partial charge in [0.2, 0.25) is 11.8 Å². The standard InChI is InChI=1S/C18H24N2O4S2/c1-12-4-3-8-20(11-12)17(21)7-9-26(23,24)14-5-6-16-15(10-14)19-18(22)13(2)25-16/h5-6,10,12-13H,3-4,7-9,11H2,1-2H3,(H,19,22)/t12-,13-/m1/s1. The van der Waals surface area contributed by atoms with Crippen molar-refractivity contribution in [3.05, 3.63) is 18.2 Å². The Labute approximate surface area is 158 Å². The summed E-state index contributed by atoms with van der Waals surface area (Å²) < 4.78 is 25.3. The van der Waals surface area contributed by atoms with E-state index in [1.807, 2.05) is 0 Å². The first-order chi connectivity index (χ1) is 12.3. The van der Waals surface area contributed by atoms with Gasteiger partial charge in [-0.3, -0.25) is 9.59 Å².